The fourth-order valence-corrected chi connectivity index (χ4v) is 4.80. The molecule has 7 nitrogen and oxygen atoms in total. The lowest BCUT2D eigenvalue weighted by atomic mass is 10.3. The second-order valence-electron chi connectivity index (χ2n) is 5.56. The summed E-state index contributed by atoms with van der Waals surface area (Å²) in [4.78, 5) is 9.87. The summed E-state index contributed by atoms with van der Waals surface area (Å²) in [6, 6.07) is 3.81. The molecule has 2 aromatic heterocycles. The Hall–Kier alpha value is -1.87. The molecule has 2 N–H and O–H groups in total. The Morgan fingerprint density at radius 2 is 2.42 bits per heavy atom. The molecule has 2 aromatic rings. The minimum absolute atomic E-state index is 0.0909. The first-order valence-electron chi connectivity index (χ1n) is 7.79. The molecule has 1 saturated heterocycles. The number of nitrogens with one attached hydrogen (secondary N) is 2. The third-order valence-corrected chi connectivity index (χ3v) is 6.23. The Labute approximate surface area is 145 Å². The van der Waals surface area contributed by atoms with E-state index in [-0.39, 0.29) is 17.5 Å². The molecule has 0 saturated carbocycles. The number of nitrogens with zero attached hydrogens (tertiary/aromatic N) is 2. The first kappa shape index (κ1) is 17.0. The monoisotopic (exact) mass is 368 g/mol. The lowest BCUT2D eigenvalue weighted by Gasteiger charge is -2.15. The van der Waals surface area contributed by atoms with Crippen molar-refractivity contribution >= 4 is 27.1 Å². The molecule has 1 unspecified atom stereocenters. The minimum Gasteiger partial charge on any atom is -0.443 e. The summed E-state index contributed by atoms with van der Waals surface area (Å²) < 4.78 is 28.6. The van der Waals surface area contributed by atoms with Gasteiger partial charge < -0.3 is 15.1 Å². The number of aliphatic imine (C=N–C) groups is 1. The molecule has 1 aliphatic rings. The van der Waals surface area contributed by atoms with Gasteiger partial charge in [0.25, 0.3) is 0 Å². The quantitative estimate of drug-likeness (QED) is 0.615. The van der Waals surface area contributed by atoms with Gasteiger partial charge in [-0.05, 0) is 24.8 Å². The van der Waals surface area contributed by atoms with E-state index in [1.54, 1.807) is 17.6 Å². The van der Waals surface area contributed by atoms with E-state index in [0.717, 1.165) is 10.6 Å². The summed E-state index contributed by atoms with van der Waals surface area (Å²) in [5.41, 5.74) is 0.731. The molecule has 0 amide bonds. The Morgan fingerprint density at radius 1 is 1.54 bits per heavy atom. The first-order valence-corrected chi connectivity index (χ1v) is 10.5. The smallest absolute Gasteiger partial charge is 0.236 e. The molecular weight excluding hydrogens is 348 g/mol. The van der Waals surface area contributed by atoms with Gasteiger partial charge in [-0.3, -0.25) is 0 Å². The van der Waals surface area contributed by atoms with Gasteiger partial charge >= 0.3 is 0 Å². The number of oxazole rings is 1. The van der Waals surface area contributed by atoms with E-state index in [1.807, 2.05) is 24.4 Å². The van der Waals surface area contributed by atoms with E-state index in [0.29, 0.717) is 31.4 Å². The van der Waals surface area contributed by atoms with Gasteiger partial charge in [-0.2, -0.15) is 0 Å². The predicted octanol–water partition coefficient (Wildman–Crippen LogP) is 1.65. The SMILES string of the molecule is CCNC(=NCc1coc(-c2cccs2)n1)NC1CCS(=O)(=O)C1. The fourth-order valence-electron chi connectivity index (χ4n) is 2.48. The molecule has 0 bridgehead atoms. The van der Waals surface area contributed by atoms with Gasteiger partial charge in [-0.15, -0.1) is 11.3 Å². The van der Waals surface area contributed by atoms with Gasteiger partial charge in [0, 0.05) is 12.6 Å². The molecule has 0 spiro atoms. The van der Waals surface area contributed by atoms with E-state index < -0.39 is 9.84 Å². The molecule has 3 rings (SSSR count). The van der Waals surface area contributed by atoms with Crippen LogP contribution in [0.5, 0.6) is 0 Å². The third-order valence-electron chi connectivity index (χ3n) is 3.60. The third kappa shape index (κ3) is 4.35. The van der Waals surface area contributed by atoms with E-state index >= 15 is 0 Å². The summed E-state index contributed by atoms with van der Waals surface area (Å²) in [7, 11) is -2.92. The molecule has 0 radical (unpaired) electrons. The van der Waals surface area contributed by atoms with Crippen LogP contribution in [0.25, 0.3) is 10.8 Å². The molecule has 3 heterocycles. The largest absolute Gasteiger partial charge is 0.443 e. The highest BCUT2D eigenvalue weighted by molar-refractivity contribution is 7.91. The molecule has 1 atom stereocenters. The average molecular weight is 368 g/mol. The number of hydrogen-bond acceptors (Lipinski definition) is 6. The van der Waals surface area contributed by atoms with Gasteiger partial charge in [0.05, 0.1) is 22.9 Å². The number of guanidine groups is 1. The van der Waals surface area contributed by atoms with Crippen LogP contribution in [-0.4, -0.2) is 43.5 Å². The van der Waals surface area contributed by atoms with Gasteiger partial charge in [-0.25, -0.2) is 18.4 Å². The number of hydrogen-bond donors (Lipinski definition) is 2. The Kier molecular flexibility index (Phi) is 5.20. The second kappa shape index (κ2) is 7.35. The highest BCUT2D eigenvalue weighted by Gasteiger charge is 2.28. The maximum Gasteiger partial charge on any atom is 0.236 e. The average Bonchev–Trinajstić information content (AvgIpc) is 3.25. The lowest BCUT2D eigenvalue weighted by Crippen LogP contribution is -2.44. The minimum atomic E-state index is -2.92. The fraction of sp³-hybridized carbons (Fsp3) is 0.467. The number of aromatic nitrogens is 1. The van der Waals surface area contributed by atoms with Crippen LogP contribution in [0, 0.1) is 0 Å². The van der Waals surface area contributed by atoms with Crippen LogP contribution in [0.3, 0.4) is 0 Å². The maximum absolute atomic E-state index is 11.6. The molecule has 1 fully saturated rings. The van der Waals surface area contributed by atoms with Crippen LogP contribution in [-0.2, 0) is 16.4 Å². The zero-order chi connectivity index (χ0) is 17.0. The molecule has 1 aliphatic heterocycles. The van der Waals surface area contributed by atoms with Crippen molar-refractivity contribution in [3.8, 4) is 10.8 Å². The molecule has 24 heavy (non-hydrogen) atoms. The van der Waals surface area contributed by atoms with Crippen molar-refractivity contribution in [1.82, 2.24) is 15.6 Å². The van der Waals surface area contributed by atoms with Crippen molar-refractivity contribution in [3.63, 3.8) is 0 Å². The second-order valence-corrected chi connectivity index (χ2v) is 8.74. The summed E-state index contributed by atoms with van der Waals surface area (Å²) >= 11 is 1.57. The number of rotatable bonds is 5. The van der Waals surface area contributed by atoms with Crippen molar-refractivity contribution in [2.75, 3.05) is 18.1 Å². The van der Waals surface area contributed by atoms with Crippen LogP contribution in [0.4, 0.5) is 0 Å². The first-order chi connectivity index (χ1) is 11.6. The Balaban J connectivity index is 1.63. The highest BCUT2D eigenvalue weighted by Crippen LogP contribution is 2.23. The van der Waals surface area contributed by atoms with Crippen LogP contribution in [0.1, 0.15) is 19.0 Å². The normalized spacial score (nSPS) is 20.2. The van der Waals surface area contributed by atoms with E-state index in [4.69, 9.17) is 4.42 Å². The maximum atomic E-state index is 11.6. The lowest BCUT2D eigenvalue weighted by molar-refractivity contribution is 0.574. The van der Waals surface area contributed by atoms with Crippen molar-refractivity contribution in [1.29, 1.82) is 0 Å². The van der Waals surface area contributed by atoms with Crippen LogP contribution < -0.4 is 10.6 Å². The predicted molar refractivity (Wildman–Crippen MR) is 94.8 cm³/mol. The van der Waals surface area contributed by atoms with Crippen LogP contribution in [0.2, 0.25) is 0 Å². The summed E-state index contributed by atoms with van der Waals surface area (Å²) in [5, 5.41) is 8.28. The van der Waals surface area contributed by atoms with Crippen molar-refractivity contribution in [3.05, 3.63) is 29.5 Å². The van der Waals surface area contributed by atoms with Gasteiger partial charge in [-0.1, -0.05) is 6.07 Å². The summed E-state index contributed by atoms with van der Waals surface area (Å²) in [6.45, 7) is 3.03. The highest BCUT2D eigenvalue weighted by atomic mass is 32.2. The van der Waals surface area contributed by atoms with E-state index in [9.17, 15) is 8.42 Å². The van der Waals surface area contributed by atoms with Gasteiger partial charge in [0.15, 0.2) is 15.8 Å². The topological polar surface area (TPSA) is 96.6 Å². The van der Waals surface area contributed by atoms with E-state index in [2.05, 4.69) is 20.6 Å². The summed E-state index contributed by atoms with van der Waals surface area (Å²) in [5.74, 6) is 1.58. The van der Waals surface area contributed by atoms with Crippen molar-refractivity contribution in [2.45, 2.75) is 25.9 Å². The molecule has 9 heteroatoms. The number of sulfone groups is 1. The van der Waals surface area contributed by atoms with Crippen molar-refractivity contribution < 1.29 is 12.8 Å². The molecule has 130 valence electrons. The van der Waals surface area contributed by atoms with Gasteiger partial charge in [0.1, 0.15) is 12.0 Å². The standard InChI is InChI=1S/C15H20N4O3S2/c1-2-16-15(19-11-5-7-24(20,21)10-11)17-8-12-9-22-14(18-12)13-4-3-6-23-13/h3-4,6,9,11H,2,5,7-8,10H2,1H3,(H2,16,17,19). The molecular formula is C15H20N4O3S2. The Bertz CT molecular complexity index is 797. The number of thiophene rings is 1. The Morgan fingerprint density at radius 3 is 3.08 bits per heavy atom. The van der Waals surface area contributed by atoms with E-state index in [1.165, 1.54) is 0 Å². The zero-order valence-corrected chi connectivity index (χ0v) is 15.0. The summed E-state index contributed by atoms with van der Waals surface area (Å²) in [6.07, 6.45) is 2.21. The van der Waals surface area contributed by atoms with Crippen LogP contribution in [0.15, 0.2) is 33.2 Å². The molecule has 0 aromatic carbocycles. The van der Waals surface area contributed by atoms with Crippen molar-refractivity contribution in [2.24, 2.45) is 4.99 Å². The van der Waals surface area contributed by atoms with Gasteiger partial charge in [0.2, 0.25) is 5.89 Å². The zero-order valence-electron chi connectivity index (χ0n) is 13.4. The van der Waals surface area contributed by atoms with Crippen LogP contribution >= 0.6 is 11.3 Å². The molecule has 0 aliphatic carbocycles.